The van der Waals surface area contributed by atoms with E-state index in [1.165, 1.54) is 16.7 Å². The summed E-state index contributed by atoms with van der Waals surface area (Å²) in [5.74, 6) is 2.23. The lowest BCUT2D eigenvalue weighted by Crippen LogP contribution is -2.51. The number of pyridine rings is 1. The molecule has 0 saturated carbocycles. The largest absolute Gasteiger partial charge is 0.457 e. The molecule has 1 aromatic heterocycles. The lowest BCUT2D eigenvalue weighted by Gasteiger charge is -2.38. The lowest BCUT2D eigenvalue weighted by molar-refractivity contribution is -0.139. The van der Waals surface area contributed by atoms with E-state index < -0.39 is 0 Å². The van der Waals surface area contributed by atoms with Crippen LogP contribution in [0, 0.1) is 5.92 Å². The number of nitrogens with zero attached hydrogens (tertiary/aromatic N) is 4. The van der Waals surface area contributed by atoms with Crippen molar-refractivity contribution in [2.24, 2.45) is 5.92 Å². The Kier molecular flexibility index (Phi) is 8.63. The molecule has 2 saturated heterocycles. The van der Waals surface area contributed by atoms with Gasteiger partial charge < -0.3 is 9.64 Å². The second-order valence-electron chi connectivity index (χ2n) is 12.0. The quantitative estimate of drug-likeness (QED) is 0.394. The Hall–Kier alpha value is -3.22. The number of ether oxygens (including phenoxy) is 1. The van der Waals surface area contributed by atoms with Crippen molar-refractivity contribution >= 4 is 5.91 Å². The minimum Gasteiger partial charge on any atom is -0.457 e. The number of likely N-dealkylation sites (tertiary alicyclic amines) is 1. The summed E-state index contributed by atoms with van der Waals surface area (Å²) >= 11 is 0. The van der Waals surface area contributed by atoms with Crippen molar-refractivity contribution in [3.8, 4) is 11.5 Å². The van der Waals surface area contributed by atoms with E-state index in [-0.39, 0.29) is 11.3 Å². The maximum Gasteiger partial charge on any atom is 0.225 e. The Balaban J connectivity index is 1.07. The second kappa shape index (κ2) is 12.3. The number of amides is 1. The molecule has 0 radical (unpaired) electrons. The average Bonchev–Trinajstić information content (AvgIpc) is 2.94. The van der Waals surface area contributed by atoms with E-state index >= 15 is 0 Å². The van der Waals surface area contributed by atoms with Gasteiger partial charge in [0.05, 0.1) is 0 Å². The van der Waals surface area contributed by atoms with E-state index in [0.29, 0.717) is 5.91 Å². The van der Waals surface area contributed by atoms with E-state index in [9.17, 15) is 4.79 Å². The maximum absolute atomic E-state index is 13.2. The van der Waals surface area contributed by atoms with Gasteiger partial charge in [-0.2, -0.15) is 0 Å². The topological polar surface area (TPSA) is 48.9 Å². The van der Waals surface area contributed by atoms with E-state index in [1.807, 2.05) is 30.6 Å². The molecule has 2 aliphatic heterocycles. The normalized spacial score (nSPS) is 17.8. The van der Waals surface area contributed by atoms with Crippen molar-refractivity contribution in [3.63, 3.8) is 0 Å². The standard InChI is InChI=1S/C33H42N4O2/c1-33(2,3)29-7-9-30(10-8-29)39-31-6-4-5-27(23-31)25-36-19-21-37(22-20-36)32(38)28-13-17-35(18-14-28)24-26-11-15-34-16-12-26/h4-12,15-16,23,28H,13-14,17-22,24-25H2,1-3H3. The van der Waals surface area contributed by atoms with Gasteiger partial charge in [-0.1, -0.05) is 45.0 Å². The number of aromatic nitrogens is 1. The molecule has 206 valence electrons. The van der Waals surface area contributed by atoms with E-state index in [4.69, 9.17) is 4.74 Å². The number of piperidine rings is 1. The van der Waals surface area contributed by atoms with Gasteiger partial charge in [0.1, 0.15) is 11.5 Å². The van der Waals surface area contributed by atoms with Crippen LogP contribution in [0.5, 0.6) is 11.5 Å². The number of carbonyl (C=O) groups is 1. The molecule has 0 atom stereocenters. The molecular weight excluding hydrogens is 484 g/mol. The summed E-state index contributed by atoms with van der Waals surface area (Å²) in [7, 11) is 0. The van der Waals surface area contributed by atoms with Gasteiger partial charge in [-0.15, -0.1) is 0 Å². The fraction of sp³-hybridized carbons (Fsp3) is 0.455. The highest BCUT2D eigenvalue weighted by Crippen LogP contribution is 2.28. The highest BCUT2D eigenvalue weighted by molar-refractivity contribution is 5.79. The third kappa shape index (κ3) is 7.46. The first-order chi connectivity index (χ1) is 18.8. The summed E-state index contributed by atoms with van der Waals surface area (Å²) in [6.45, 7) is 13.9. The highest BCUT2D eigenvalue weighted by atomic mass is 16.5. The number of piperazine rings is 1. The third-order valence-electron chi connectivity index (χ3n) is 8.04. The second-order valence-corrected chi connectivity index (χ2v) is 12.0. The van der Waals surface area contributed by atoms with Gasteiger partial charge in [0, 0.05) is 57.6 Å². The molecule has 0 bridgehead atoms. The predicted octanol–water partition coefficient (Wildman–Crippen LogP) is 5.73. The molecule has 2 aliphatic rings. The molecule has 1 amide bonds. The molecular formula is C33H42N4O2. The molecule has 3 aromatic rings. The Morgan fingerprint density at radius 3 is 2.10 bits per heavy atom. The van der Waals surface area contributed by atoms with Crippen LogP contribution in [0.1, 0.15) is 50.3 Å². The number of benzene rings is 2. The number of hydrogen-bond acceptors (Lipinski definition) is 5. The van der Waals surface area contributed by atoms with Crippen molar-refractivity contribution in [2.75, 3.05) is 39.3 Å². The zero-order valence-corrected chi connectivity index (χ0v) is 23.7. The van der Waals surface area contributed by atoms with Crippen LogP contribution in [0.15, 0.2) is 73.1 Å². The number of hydrogen-bond donors (Lipinski definition) is 0. The van der Waals surface area contributed by atoms with Crippen LogP contribution >= 0.6 is 0 Å². The smallest absolute Gasteiger partial charge is 0.225 e. The average molecular weight is 527 g/mol. The van der Waals surface area contributed by atoms with Gasteiger partial charge in [0.15, 0.2) is 0 Å². The van der Waals surface area contributed by atoms with Crippen LogP contribution in [0.4, 0.5) is 0 Å². The minimum atomic E-state index is 0.130. The molecule has 6 nitrogen and oxygen atoms in total. The van der Waals surface area contributed by atoms with Crippen molar-refractivity contribution in [3.05, 3.63) is 89.7 Å². The van der Waals surface area contributed by atoms with Gasteiger partial charge >= 0.3 is 0 Å². The van der Waals surface area contributed by atoms with Gasteiger partial charge in [0.2, 0.25) is 5.91 Å². The predicted molar refractivity (Wildman–Crippen MR) is 156 cm³/mol. The van der Waals surface area contributed by atoms with Crippen LogP contribution in [-0.4, -0.2) is 64.9 Å². The molecule has 0 spiro atoms. The highest BCUT2D eigenvalue weighted by Gasteiger charge is 2.30. The molecule has 6 heteroatoms. The summed E-state index contributed by atoms with van der Waals surface area (Å²) in [5.41, 5.74) is 3.96. The van der Waals surface area contributed by atoms with Crippen molar-refractivity contribution in [1.29, 1.82) is 0 Å². The molecule has 0 N–H and O–H groups in total. The van der Waals surface area contributed by atoms with Crippen LogP contribution < -0.4 is 4.74 Å². The molecule has 3 heterocycles. The van der Waals surface area contributed by atoms with Gasteiger partial charge in [-0.05, 0) is 84.4 Å². The molecule has 0 aliphatic carbocycles. The molecule has 2 aromatic carbocycles. The summed E-state index contributed by atoms with van der Waals surface area (Å²) in [4.78, 5) is 24.3. The van der Waals surface area contributed by atoms with Gasteiger partial charge in [-0.3, -0.25) is 19.6 Å². The summed E-state index contributed by atoms with van der Waals surface area (Å²) in [6.07, 6.45) is 5.61. The Morgan fingerprint density at radius 1 is 0.795 bits per heavy atom. The maximum atomic E-state index is 13.2. The first-order valence-electron chi connectivity index (χ1n) is 14.3. The van der Waals surface area contributed by atoms with E-state index in [2.05, 4.69) is 82.9 Å². The lowest BCUT2D eigenvalue weighted by atomic mass is 9.87. The zero-order chi connectivity index (χ0) is 27.2. The molecule has 2 fully saturated rings. The Bertz CT molecular complexity index is 1210. The summed E-state index contributed by atoms with van der Waals surface area (Å²) in [6, 6.07) is 20.9. The van der Waals surface area contributed by atoms with Crippen LogP contribution in [0.3, 0.4) is 0 Å². The van der Waals surface area contributed by atoms with Crippen LogP contribution in [-0.2, 0) is 23.3 Å². The number of carbonyl (C=O) groups excluding carboxylic acids is 1. The third-order valence-corrected chi connectivity index (χ3v) is 8.04. The monoisotopic (exact) mass is 526 g/mol. The van der Waals surface area contributed by atoms with E-state index in [0.717, 1.165) is 76.7 Å². The molecule has 39 heavy (non-hydrogen) atoms. The zero-order valence-electron chi connectivity index (χ0n) is 23.7. The molecule has 5 rings (SSSR count). The van der Waals surface area contributed by atoms with Crippen molar-refractivity contribution in [1.82, 2.24) is 19.7 Å². The fourth-order valence-corrected chi connectivity index (χ4v) is 5.59. The summed E-state index contributed by atoms with van der Waals surface area (Å²) < 4.78 is 6.15. The molecule has 0 unspecified atom stereocenters. The van der Waals surface area contributed by atoms with Gasteiger partial charge in [-0.25, -0.2) is 0 Å². The van der Waals surface area contributed by atoms with Crippen LogP contribution in [0.25, 0.3) is 0 Å². The van der Waals surface area contributed by atoms with Crippen LogP contribution in [0.2, 0.25) is 0 Å². The van der Waals surface area contributed by atoms with Crippen molar-refractivity contribution < 1.29 is 9.53 Å². The first-order valence-corrected chi connectivity index (χ1v) is 14.3. The Labute approximate surface area is 233 Å². The van der Waals surface area contributed by atoms with E-state index in [1.54, 1.807) is 0 Å². The SMILES string of the molecule is CC(C)(C)c1ccc(Oc2cccc(CN3CCN(C(=O)C4CCN(Cc5ccncc5)CC4)CC3)c2)cc1. The minimum absolute atomic E-state index is 0.130. The van der Waals surface area contributed by atoms with Gasteiger partial charge in [0.25, 0.3) is 0 Å². The number of rotatable bonds is 7. The Morgan fingerprint density at radius 2 is 1.44 bits per heavy atom. The fourth-order valence-electron chi connectivity index (χ4n) is 5.59. The van der Waals surface area contributed by atoms with Crippen molar-refractivity contribution in [2.45, 2.75) is 52.1 Å². The first kappa shape index (κ1) is 27.4. The summed E-state index contributed by atoms with van der Waals surface area (Å²) in [5, 5.41) is 0.